The number of methoxy groups -OCH3 is 1. The molecule has 29 heavy (non-hydrogen) atoms. The molecular formula is C23H22N2O4. The first kappa shape index (κ1) is 18.9. The van der Waals surface area contributed by atoms with Crippen molar-refractivity contribution in [2.45, 2.75) is 25.8 Å². The van der Waals surface area contributed by atoms with Crippen LogP contribution in [-0.4, -0.2) is 30.6 Å². The Morgan fingerprint density at radius 2 is 1.97 bits per heavy atom. The minimum atomic E-state index is -0.474. The summed E-state index contributed by atoms with van der Waals surface area (Å²) in [5.74, 6) is -0.101. The summed E-state index contributed by atoms with van der Waals surface area (Å²) in [6.07, 6.45) is 2.64. The number of nitrogens with one attached hydrogen (secondary N) is 1. The summed E-state index contributed by atoms with van der Waals surface area (Å²) in [5, 5.41) is 3.54. The fourth-order valence-electron chi connectivity index (χ4n) is 3.68. The van der Waals surface area contributed by atoms with Gasteiger partial charge in [-0.25, -0.2) is 4.79 Å². The van der Waals surface area contributed by atoms with Crippen LogP contribution in [0.25, 0.3) is 10.9 Å². The van der Waals surface area contributed by atoms with Crippen LogP contribution in [0.2, 0.25) is 0 Å². The molecule has 0 bridgehead atoms. The molecule has 6 heteroatoms. The first-order valence-corrected chi connectivity index (χ1v) is 9.63. The smallest absolute Gasteiger partial charge is 0.339 e. The minimum Gasteiger partial charge on any atom is -0.497 e. The second-order valence-electron chi connectivity index (χ2n) is 6.99. The Balaban J connectivity index is 1.43. The second-order valence-corrected chi connectivity index (χ2v) is 6.99. The number of pyridine rings is 1. The number of carbonyl (C=O) groups is 2. The van der Waals surface area contributed by atoms with Gasteiger partial charge in [0, 0.05) is 17.6 Å². The highest BCUT2D eigenvalue weighted by Gasteiger charge is 2.25. The zero-order valence-electron chi connectivity index (χ0n) is 16.2. The summed E-state index contributed by atoms with van der Waals surface area (Å²) in [6.45, 7) is 0.00932. The van der Waals surface area contributed by atoms with Gasteiger partial charge in [0.15, 0.2) is 6.61 Å². The molecule has 0 aliphatic heterocycles. The Labute approximate surface area is 168 Å². The number of amides is 1. The van der Waals surface area contributed by atoms with Crippen LogP contribution in [0.4, 0.5) is 0 Å². The van der Waals surface area contributed by atoms with Gasteiger partial charge in [-0.05, 0) is 48.6 Å². The van der Waals surface area contributed by atoms with E-state index in [1.807, 2.05) is 48.5 Å². The van der Waals surface area contributed by atoms with Gasteiger partial charge in [-0.1, -0.05) is 30.3 Å². The fourth-order valence-corrected chi connectivity index (χ4v) is 3.68. The molecule has 6 nitrogen and oxygen atoms in total. The summed E-state index contributed by atoms with van der Waals surface area (Å²) in [7, 11) is 1.59. The van der Waals surface area contributed by atoms with Gasteiger partial charge in [-0.15, -0.1) is 0 Å². The molecule has 1 heterocycles. The number of para-hydroxylation sites is 1. The van der Waals surface area contributed by atoms with Crippen molar-refractivity contribution in [2.24, 2.45) is 0 Å². The zero-order valence-corrected chi connectivity index (χ0v) is 16.2. The minimum absolute atomic E-state index is 0.325. The number of benzene rings is 2. The standard InChI is InChI=1S/C23H22N2O4/c1-28-16-7-4-6-15(12-16)13-24-21(26)14-29-23(27)22-17-8-2-3-10-19(17)25-20-11-5-9-18(20)22/h2-4,6-8,10,12H,5,9,11,13-14H2,1H3,(H,24,26). The Kier molecular flexibility index (Phi) is 5.42. The van der Waals surface area contributed by atoms with Gasteiger partial charge in [-0.2, -0.15) is 0 Å². The van der Waals surface area contributed by atoms with Gasteiger partial charge in [0.05, 0.1) is 18.2 Å². The quantitative estimate of drug-likeness (QED) is 0.654. The largest absolute Gasteiger partial charge is 0.497 e. The molecule has 1 aliphatic carbocycles. The maximum Gasteiger partial charge on any atom is 0.339 e. The number of esters is 1. The summed E-state index contributed by atoms with van der Waals surface area (Å²) >= 11 is 0. The van der Waals surface area contributed by atoms with Crippen LogP contribution >= 0.6 is 0 Å². The van der Waals surface area contributed by atoms with Crippen molar-refractivity contribution >= 4 is 22.8 Å². The van der Waals surface area contributed by atoms with Gasteiger partial charge in [-0.3, -0.25) is 9.78 Å². The summed E-state index contributed by atoms with van der Waals surface area (Å²) < 4.78 is 10.5. The van der Waals surface area contributed by atoms with E-state index >= 15 is 0 Å². The van der Waals surface area contributed by atoms with E-state index in [1.165, 1.54) is 0 Å². The monoisotopic (exact) mass is 390 g/mol. The zero-order chi connectivity index (χ0) is 20.2. The number of aromatic nitrogens is 1. The van der Waals surface area contributed by atoms with Crippen LogP contribution in [0, 0.1) is 0 Å². The lowest BCUT2D eigenvalue weighted by Crippen LogP contribution is -2.28. The molecule has 0 radical (unpaired) electrons. The summed E-state index contributed by atoms with van der Waals surface area (Å²) in [4.78, 5) is 29.7. The van der Waals surface area contributed by atoms with Crippen LogP contribution in [-0.2, 0) is 28.9 Å². The Morgan fingerprint density at radius 1 is 1.10 bits per heavy atom. The van der Waals surface area contributed by atoms with Crippen molar-refractivity contribution in [3.8, 4) is 5.75 Å². The van der Waals surface area contributed by atoms with E-state index in [0.717, 1.165) is 52.7 Å². The van der Waals surface area contributed by atoms with Crippen LogP contribution in [0.15, 0.2) is 48.5 Å². The third kappa shape index (κ3) is 4.06. The molecule has 0 fully saturated rings. The molecule has 0 atom stereocenters. The maximum atomic E-state index is 12.8. The molecule has 0 unspecified atom stereocenters. The molecule has 1 amide bonds. The Morgan fingerprint density at radius 3 is 2.83 bits per heavy atom. The highest BCUT2D eigenvalue weighted by molar-refractivity contribution is 6.05. The van der Waals surface area contributed by atoms with E-state index in [4.69, 9.17) is 9.47 Å². The van der Waals surface area contributed by atoms with Crippen LogP contribution in [0.1, 0.15) is 33.6 Å². The lowest BCUT2D eigenvalue weighted by atomic mass is 10.0. The summed E-state index contributed by atoms with van der Waals surface area (Å²) in [6, 6.07) is 15.0. The molecule has 1 aromatic heterocycles. The number of hydrogen-bond acceptors (Lipinski definition) is 5. The van der Waals surface area contributed by atoms with Crippen molar-refractivity contribution in [1.82, 2.24) is 10.3 Å². The predicted molar refractivity (Wildman–Crippen MR) is 109 cm³/mol. The molecule has 0 spiro atoms. The van der Waals surface area contributed by atoms with Gasteiger partial charge < -0.3 is 14.8 Å². The van der Waals surface area contributed by atoms with E-state index in [2.05, 4.69) is 10.3 Å². The van der Waals surface area contributed by atoms with Gasteiger partial charge in [0.25, 0.3) is 5.91 Å². The summed E-state index contributed by atoms with van der Waals surface area (Å²) in [5.41, 5.74) is 4.14. The average molecular weight is 390 g/mol. The van der Waals surface area contributed by atoms with E-state index in [-0.39, 0.29) is 12.5 Å². The van der Waals surface area contributed by atoms with Gasteiger partial charge in [0.2, 0.25) is 0 Å². The van der Waals surface area contributed by atoms with Crippen LogP contribution < -0.4 is 10.1 Å². The molecule has 0 saturated heterocycles. The van der Waals surface area contributed by atoms with Crippen molar-refractivity contribution in [1.29, 1.82) is 0 Å². The number of aryl methyl sites for hydroxylation is 1. The van der Waals surface area contributed by atoms with E-state index in [0.29, 0.717) is 12.1 Å². The third-order valence-corrected chi connectivity index (χ3v) is 5.08. The molecule has 0 saturated carbocycles. The highest BCUT2D eigenvalue weighted by Crippen LogP contribution is 2.30. The van der Waals surface area contributed by atoms with Crippen LogP contribution in [0.3, 0.4) is 0 Å². The Bertz CT molecular complexity index is 1080. The maximum absolute atomic E-state index is 12.8. The van der Waals surface area contributed by atoms with Crippen LogP contribution in [0.5, 0.6) is 5.75 Å². The molecule has 3 aromatic rings. The number of ether oxygens (including phenoxy) is 2. The molecule has 2 aromatic carbocycles. The highest BCUT2D eigenvalue weighted by atomic mass is 16.5. The van der Waals surface area contributed by atoms with E-state index < -0.39 is 5.97 Å². The van der Waals surface area contributed by atoms with Gasteiger partial charge >= 0.3 is 5.97 Å². The third-order valence-electron chi connectivity index (χ3n) is 5.08. The number of nitrogens with zero attached hydrogens (tertiary/aromatic N) is 1. The molecule has 4 rings (SSSR count). The number of carbonyl (C=O) groups excluding carboxylic acids is 2. The number of rotatable bonds is 6. The number of fused-ring (bicyclic) bond motifs is 2. The van der Waals surface area contributed by atoms with Crippen molar-refractivity contribution < 1.29 is 19.1 Å². The SMILES string of the molecule is COc1cccc(CNC(=O)COC(=O)c2c3c(nc4ccccc24)CCC3)c1. The lowest BCUT2D eigenvalue weighted by molar-refractivity contribution is -0.124. The predicted octanol–water partition coefficient (Wildman–Crippen LogP) is 3.21. The molecule has 1 aliphatic rings. The second kappa shape index (κ2) is 8.31. The lowest BCUT2D eigenvalue weighted by Gasteiger charge is -2.12. The molecule has 148 valence electrons. The topological polar surface area (TPSA) is 77.5 Å². The van der Waals surface area contributed by atoms with E-state index in [9.17, 15) is 9.59 Å². The average Bonchev–Trinajstić information content (AvgIpc) is 3.22. The molecule has 1 N–H and O–H groups in total. The Hall–Kier alpha value is -3.41. The first-order chi connectivity index (χ1) is 14.2. The normalized spacial score (nSPS) is 12.4. The van der Waals surface area contributed by atoms with E-state index in [1.54, 1.807) is 7.11 Å². The van der Waals surface area contributed by atoms with Crippen molar-refractivity contribution in [2.75, 3.05) is 13.7 Å². The first-order valence-electron chi connectivity index (χ1n) is 9.63. The number of hydrogen-bond donors (Lipinski definition) is 1. The fraction of sp³-hybridized carbons (Fsp3) is 0.261. The van der Waals surface area contributed by atoms with Crippen molar-refractivity contribution in [3.05, 3.63) is 70.9 Å². The molecular weight excluding hydrogens is 368 g/mol. The van der Waals surface area contributed by atoms with Gasteiger partial charge in [0.1, 0.15) is 5.75 Å². The van der Waals surface area contributed by atoms with Crippen molar-refractivity contribution in [3.63, 3.8) is 0 Å².